The summed E-state index contributed by atoms with van der Waals surface area (Å²) in [5, 5.41) is 12.7. The molecule has 2 rings (SSSR count). The molecule has 1 aromatic heterocycles. The fraction of sp³-hybridized carbons (Fsp3) is 0.500. The molecule has 1 heterocycles. The maximum absolute atomic E-state index is 6.08. The van der Waals surface area contributed by atoms with Crippen LogP contribution in [0.4, 0.5) is 0 Å². The van der Waals surface area contributed by atoms with Gasteiger partial charge in [0.05, 0.1) is 17.9 Å². The predicted molar refractivity (Wildman–Crippen MR) is 86.6 cm³/mol. The average molecular weight is 307 g/mol. The van der Waals surface area contributed by atoms with Crippen LogP contribution in [0.25, 0.3) is 0 Å². The summed E-state index contributed by atoms with van der Waals surface area (Å²) in [5.74, 6) is 0. The summed E-state index contributed by atoms with van der Waals surface area (Å²) in [6.45, 7) is 8.24. The average Bonchev–Trinajstić information content (AvgIpc) is 2.90. The molecule has 0 saturated heterocycles. The van der Waals surface area contributed by atoms with Crippen LogP contribution < -0.4 is 5.32 Å². The molecule has 1 aromatic carbocycles. The molecule has 0 bridgehead atoms. The first kappa shape index (κ1) is 16.0. The van der Waals surface area contributed by atoms with Gasteiger partial charge < -0.3 is 5.32 Å². The molecule has 5 heteroatoms. The monoisotopic (exact) mass is 306 g/mol. The Morgan fingerprint density at radius 1 is 1.29 bits per heavy atom. The molecule has 0 aliphatic carbocycles. The lowest BCUT2D eigenvalue weighted by atomic mass is 9.98. The minimum Gasteiger partial charge on any atom is -0.305 e. The van der Waals surface area contributed by atoms with Crippen molar-refractivity contribution in [3.63, 3.8) is 0 Å². The van der Waals surface area contributed by atoms with E-state index >= 15 is 0 Å². The number of hydrogen-bond acceptors (Lipinski definition) is 3. The SMILES string of the molecule is CCCNC(c1ccc(Cl)cc1C)c1cnnn1CCC. The Morgan fingerprint density at radius 3 is 2.76 bits per heavy atom. The Morgan fingerprint density at radius 2 is 2.10 bits per heavy atom. The quantitative estimate of drug-likeness (QED) is 0.847. The maximum atomic E-state index is 6.08. The molecular formula is C16H23ClN4. The van der Waals surface area contributed by atoms with Crippen LogP contribution in [0.3, 0.4) is 0 Å². The van der Waals surface area contributed by atoms with E-state index in [1.165, 1.54) is 11.1 Å². The summed E-state index contributed by atoms with van der Waals surface area (Å²) in [5.41, 5.74) is 3.52. The first-order valence-corrected chi connectivity index (χ1v) is 7.93. The van der Waals surface area contributed by atoms with E-state index in [1.807, 2.05) is 23.0 Å². The Bertz CT molecular complexity index is 579. The topological polar surface area (TPSA) is 42.7 Å². The van der Waals surface area contributed by atoms with Crippen molar-refractivity contribution in [2.24, 2.45) is 0 Å². The number of halogens is 1. The third kappa shape index (κ3) is 3.83. The highest BCUT2D eigenvalue weighted by atomic mass is 35.5. The van der Waals surface area contributed by atoms with E-state index in [9.17, 15) is 0 Å². The van der Waals surface area contributed by atoms with Crippen molar-refractivity contribution < 1.29 is 0 Å². The smallest absolute Gasteiger partial charge is 0.0802 e. The normalized spacial score (nSPS) is 12.6. The molecule has 114 valence electrons. The van der Waals surface area contributed by atoms with Crippen LogP contribution in [0.1, 0.15) is 49.6 Å². The summed E-state index contributed by atoms with van der Waals surface area (Å²) in [6.07, 6.45) is 3.98. The minimum absolute atomic E-state index is 0.101. The molecular weight excluding hydrogens is 284 g/mol. The van der Waals surface area contributed by atoms with Crippen molar-refractivity contribution in [1.29, 1.82) is 0 Å². The van der Waals surface area contributed by atoms with E-state index in [-0.39, 0.29) is 6.04 Å². The largest absolute Gasteiger partial charge is 0.305 e. The summed E-state index contributed by atoms with van der Waals surface area (Å²) in [6, 6.07) is 6.14. The van der Waals surface area contributed by atoms with E-state index in [0.29, 0.717) is 0 Å². The number of nitrogens with zero attached hydrogens (tertiary/aromatic N) is 3. The fourth-order valence-corrected chi connectivity index (χ4v) is 2.73. The van der Waals surface area contributed by atoms with Crippen molar-refractivity contribution in [2.75, 3.05) is 6.54 Å². The molecule has 0 amide bonds. The van der Waals surface area contributed by atoms with Gasteiger partial charge in [-0.25, -0.2) is 4.68 Å². The van der Waals surface area contributed by atoms with Crippen molar-refractivity contribution >= 4 is 11.6 Å². The molecule has 21 heavy (non-hydrogen) atoms. The van der Waals surface area contributed by atoms with Crippen molar-refractivity contribution in [3.05, 3.63) is 46.2 Å². The highest BCUT2D eigenvalue weighted by molar-refractivity contribution is 6.30. The van der Waals surface area contributed by atoms with Crippen LogP contribution >= 0.6 is 11.6 Å². The Labute approximate surface area is 131 Å². The zero-order chi connectivity index (χ0) is 15.2. The standard InChI is InChI=1S/C16H23ClN4/c1-4-8-18-16(14-7-6-13(17)10-12(14)3)15-11-19-20-21(15)9-5-2/h6-7,10-11,16,18H,4-5,8-9H2,1-3H3. The van der Waals surface area contributed by atoms with E-state index in [2.05, 4.69) is 42.5 Å². The zero-order valence-electron chi connectivity index (χ0n) is 12.9. The van der Waals surface area contributed by atoms with Gasteiger partial charge in [-0.1, -0.05) is 36.7 Å². The van der Waals surface area contributed by atoms with Gasteiger partial charge in [0.1, 0.15) is 0 Å². The van der Waals surface area contributed by atoms with Gasteiger partial charge in [-0.15, -0.1) is 5.10 Å². The van der Waals surface area contributed by atoms with Gasteiger partial charge in [0.2, 0.25) is 0 Å². The van der Waals surface area contributed by atoms with Crippen molar-refractivity contribution in [1.82, 2.24) is 20.3 Å². The zero-order valence-corrected chi connectivity index (χ0v) is 13.7. The molecule has 0 saturated carbocycles. The molecule has 0 aliphatic rings. The van der Waals surface area contributed by atoms with Crippen LogP contribution in [-0.2, 0) is 6.54 Å². The van der Waals surface area contributed by atoms with E-state index in [4.69, 9.17) is 11.6 Å². The number of hydrogen-bond donors (Lipinski definition) is 1. The van der Waals surface area contributed by atoms with Gasteiger partial charge in [-0.2, -0.15) is 0 Å². The lowest BCUT2D eigenvalue weighted by Gasteiger charge is -2.21. The lowest BCUT2D eigenvalue weighted by molar-refractivity contribution is 0.503. The first-order chi connectivity index (χ1) is 10.2. The Kier molecular flexibility index (Phi) is 5.76. The number of benzene rings is 1. The van der Waals surface area contributed by atoms with Crippen molar-refractivity contribution in [3.8, 4) is 0 Å². The van der Waals surface area contributed by atoms with Gasteiger partial charge in [0.25, 0.3) is 0 Å². The van der Waals surface area contributed by atoms with Gasteiger partial charge in [-0.05, 0) is 49.6 Å². The van der Waals surface area contributed by atoms with Crippen molar-refractivity contribution in [2.45, 2.75) is 46.2 Å². The fourth-order valence-electron chi connectivity index (χ4n) is 2.50. The van der Waals surface area contributed by atoms with E-state index in [1.54, 1.807) is 0 Å². The predicted octanol–water partition coefficient (Wildman–Crippen LogP) is 3.74. The number of aryl methyl sites for hydroxylation is 2. The van der Waals surface area contributed by atoms with Crippen LogP contribution in [0.5, 0.6) is 0 Å². The first-order valence-electron chi connectivity index (χ1n) is 7.55. The number of rotatable bonds is 7. The van der Waals surface area contributed by atoms with Crippen LogP contribution in [-0.4, -0.2) is 21.5 Å². The third-order valence-corrected chi connectivity index (χ3v) is 3.76. The third-order valence-electron chi connectivity index (χ3n) is 3.52. The maximum Gasteiger partial charge on any atom is 0.0802 e. The second kappa shape index (κ2) is 7.57. The Hall–Kier alpha value is -1.39. The molecule has 0 aliphatic heterocycles. The summed E-state index contributed by atoms with van der Waals surface area (Å²) >= 11 is 6.08. The molecule has 0 fully saturated rings. The minimum atomic E-state index is 0.101. The van der Waals surface area contributed by atoms with Crippen LogP contribution in [0, 0.1) is 6.92 Å². The highest BCUT2D eigenvalue weighted by Gasteiger charge is 2.20. The van der Waals surface area contributed by atoms with Crippen LogP contribution in [0.15, 0.2) is 24.4 Å². The van der Waals surface area contributed by atoms with E-state index < -0.39 is 0 Å². The summed E-state index contributed by atoms with van der Waals surface area (Å²) in [4.78, 5) is 0. The molecule has 0 radical (unpaired) electrons. The summed E-state index contributed by atoms with van der Waals surface area (Å²) < 4.78 is 1.99. The molecule has 1 unspecified atom stereocenters. The second-order valence-electron chi connectivity index (χ2n) is 5.27. The molecule has 1 atom stereocenters. The van der Waals surface area contributed by atoms with E-state index in [0.717, 1.165) is 36.6 Å². The van der Waals surface area contributed by atoms with Gasteiger partial charge >= 0.3 is 0 Å². The Balaban J connectivity index is 2.39. The van der Waals surface area contributed by atoms with Gasteiger partial charge in [-0.3, -0.25) is 0 Å². The van der Waals surface area contributed by atoms with Gasteiger partial charge in [0.15, 0.2) is 0 Å². The van der Waals surface area contributed by atoms with Crippen LogP contribution in [0.2, 0.25) is 5.02 Å². The second-order valence-corrected chi connectivity index (χ2v) is 5.71. The summed E-state index contributed by atoms with van der Waals surface area (Å²) in [7, 11) is 0. The molecule has 1 N–H and O–H groups in total. The molecule has 0 spiro atoms. The lowest BCUT2D eigenvalue weighted by Crippen LogP contribution is -2.26. The number of aromatic nitrogens is 3. The highest BCUT2D eigenvalue weighted by Crippen LogP contribution is 2.26. The molecule has 2 aromatic rings. The van der Waals surface area contributed by atoms with Gasteiger partial charge in [0, 0.05) is 11.6 Å². The number of nitrogens with one attached hydrogen (secondary N) is 1. The molecule has 4 nitrogen and oxygen atoms in total.